The molecule has 0 fully saturated rings. The minimum absolute atomic E-state index is 0.0227. The second kappa shape index (κ2) is 9.11. The van der Waals surface area contributed by atoms with Crippen LogP contribution in [0, 0.1) is 10.1 Å². The number of amides is 1. The molecule has 0 spiro atoms. The largest absolute Gasteiger partial charge is 0.325 e. The highest BCUT2D eigenvalue weighted by Crippen LogP contribution is 2.36. The summed E-state index contributed by atoms with van der Waals surface area (Å²) >= 11 is 8.34. The molecule has 1 unspecified atom stereocenters. The van der Waals surface area contributed by atoms with Crippen molar-refractivity contribution in [3.63, 3.8) is 0 Å². The van der Waals surface area contributed by atoms with Crippen LogP contribution in [0.2, 0.25) is 5.02 Å². The number of carbonyl (C=O) groups excluding carboxylic acids is 1. The van der Waals surface area contributed by atoms with Crippen LogP contribution in [0.4, 0.5) is 11.4 Å². The van der Waals surface area contributed by atoms with Crippen LogP contribution in [0.15, 0.2) is 69.9 Å². The Morgan fingerprint density at radius 3 is 2.72 bits per heavy atom. The second-order valence-electron chi connectivity index (χ2n) is 6.72. The minimum atomic E-state index is -0.763. The van der Waals surface area contributed by atoms with Gasteiger partial charge in [0.15, 0.2) is 5.16 Å². The number of thiophene rings is 1. The average Bonchev–Trinajstić information content (AvgIpc) is 3.25. The van der Waals surface area contributed by atoms with E-state index < -0.39 is 16.1 Å². The lowest BCUT2D eigenvalue weighted by Crippen LogP contribution is -2.23. The molecule has 2 heterocycles. The third-order valence-corrected chi connectivity index (χ3v) is 7.06. The van der Waals surface area contributed by atoms with Crippen LogP contribution in [0.1, 0.15) is 10.8 Å². The van der Waals surface area contributed by atoms with Crippen molar-refractivity contribution >= 4 is 62.2 Å². The first-order chi connectivity index (χ1) is 15.3. The summed E-state index contributed by atoms with van der Waals surface area (Å²) in [6.45, 7) is 0. The van der Waals surface area contributed by atoms with Gasteiger partial charge in [-0.1, -0.05) is 53.7 Å². The van der Waals surface area contributed by atoms with Crippen LogP contribution < -0.4 is 10.9 Å². The zero-order chi connectivity index (χ0) is 22.8. The number of carbonyl (C=O) groups is 1. The zero-order valence-corrected chi connectivity index (χ0v) is 18.9. The third kappa shape index (κ3) is 4.38. The summed E-state index contributed by atoms with van der Waals surface area (Å²) in [7, 11) is 1.61. The molecule has 0 aliphatic heterocycles. The number of nitro benzene ring substituents is 1. The molecule has 162 valence electrons. The molecule has 2 aromatic heterocycles. The van der Waals surface area contributed by atoms with Gasteiger partial charge in [-0.05, 0) is 29.1 Å². The minimum Gasteiger partial charge on any atom is -0.325 e. The van der Waals surface area contributed by atoms with Gasteiger partial charge >= 0.3 is 0 Å². The standard InChI is InChI=1S/C21H15ClN4O4S2/c1-25-20(28)14-9-10-31-19(14)24-21(25)32-17(12-5-3-2-4-6-12)18(27)23-13-7-8-15(22)16(11-13)26(29)30/h2-11,17H,1H3,(H,23,27). The Bertz CT molecular complexity index is 1390. The van der Waals surface area contributed by atoms with E-state index >= 15 is 0 Å². The Morgan fingerprint density at radius 2 is 2.00 bits per heavy atom. The lowest BCUT2D eigenvalue weighted by atomic mass is 10.1. The van der Waals surface area contributed by atoms with Gasteiger partial charge in [0, 0.05) is 18.8 Å². The summed E-state index contributed by atoms with van der Waals surface area (Å²) in [6, 6.07) is 14.8. The van der Waals surface area contributed by atoms with Crippen molar-refractivity contribution in [3.8, 4) is 0 Å². The van der Waals surface area contributed by atoms with E-state index in [-0.39, 0.29) is 22.0 Å². The number of aromatic nitrogens is 2. The summed E-state index contributed by atoms with van der Waals surface area (Å²) in [4.78, 5) is 41.6. The van der Waals surface area contributed by atoms with Crippen molar-refractivity contribution < 1.29 is 9.72 Å². The predicted octanol–water partition coefficient (Wildman–Crippen LogP) is 5.03. The highest BCUT2D eigenvalue weighted by Gasteiger charge is 2.25. The maximum absolute atomic E-state index is 13.2. The fourth-order valence-electron chi connectivity index (χ4n) is 3.03. The molecule has 11 heteroatoms. The van der Waals surface area contributed by atoms with Crippen molar-refractivity contribution in [3.05, 3.63) is 91.0 Å². The molecule has 1 amide bonds. The molecule has 4 aromatic rings. The fraction of sp³-hybridized carbons (Fsp3) is 0.0952. The molecule has 1 N–H and O–H groups in total. The Kier molecular flexibility index (Phi) is 6.26. The first-order valence-electron chi connectivity index (χ1n) is 9.26. The predicted molar refractivity (Wildman–Crippen MR) is 127 cm³/mol. The van der Waals surface area contributed by atoms with Gasteiger partial charge in [0.1, 0.15) is 15.1 Å². The van der Waals surface area contributed by atoms with E-state index in [1.807, 2.05) is 6.07 Å². The van der Waals surface area contributed by atoms with Crippen molar-refractivity contribution in [1.29, 1.82) is 0 Å². The van der Waals surface area contributed by atoms with Gasteiger partial charge in [-0.2, -0.15) is 0 Å². The van der Waals surface area contributed by atoms with E-state index in [2.05, 4.69) is 10.3 Å². The monoisotopic (exact) mass is 486 g/mol. The molecule has 0 radical (unpaired) electrons. The molecule has 32 heavy (non-hydrogen) atoms. The second-order valence-corrected chi connectivity index (χ2v) is 9.09. The van der Waals surface area contributed by atoms with E-state index in [4.69, 9.17) is 11.6 Å². The Labute approximate surface area is 195 Å². The average molecular weight is 487 g/mol. The number of nitrogens with one attached hydrogen (secondary N) is 1. The summed E-state index contributed by atoms with van der Waals surface area (Å²) in [6.07, 6.45) is 0. The number of rotatable bonds is 6. The summed E-state index contributed by atoms with van der Waals surface area (Å²) < 4.78 is 1.41. The molecule has 0 saturated heterocycles. The van der Waals surface area contributed by atoms with Crippen molar-refractivity contribution in [2.24, 2.45) is 7.05 Å². The Balaban J connectivity index is 1.70. The molecule has 0 bridgehead atoms. The van der Waals surface area contributed by atoms with E-state index in [0.717, 1.165) is 11.8 Å². The van der Waals surface area contributed by atoms with Gasteiger partial charge in [0.2, 0.25) is 5.91 Å². The van der Waals surface area contributed by atoms with Crippen LogP contribution >= 0.6 is 34.7 Å². The normalized spacial score (nSPS) is 11.9. The third-order valence-electron chi connectivity index (χ3n) is 4.64. The maximum atomic E-state index is 13.2. The molecular formula is C21H15ClN4O4S2. The quantitative estimate of drug-likeness (QED) is 0.177. The van der Waals surface area contributed by atoms with Crippen LogP contribution in [0.5, 0.6) is 0 Å². The number of halogens is 1. The number of anilines is 1. The molecular weight excluding hydrogens is 472 g/mol. The van der Waals surface area contributed by atoms with Crippen molar-refractivity contribution in [1.82, 2.24) is 9.55 Å². The number of benzene rings is 2. The first kappa shape index (κ1) is 22.0. The number of fused-ring (bicyclic) bond motifs is 1. The number of nitro groups is 1. The SMILES string of the molecule is Cn1c(SC(C(=O)Nc2ccc(Cl)c([N+](=O)[O-])c2)c2ccccc2)nc2sccc2c1=O. The van der Waals surface area contributed by atoms with Crippen LogP contribution in [-0.4, -0.2) is 20.4 Å². The van der Waals surface area contributed by atoms with Gasteiger partial charge in [-0.3, -0.25) is 24.3 Å². The van der Waals surface area contributed by atoms with Crippen LogP contribution in [-0.2, 0) is 11.8 Å². The first-order valence-corrected chi connectivity index (χ1v) is 11.4. The number of thioether (sulfide) groups is 1. The molecule has 8 nitrogen and oxygen atoms in total. The van der Waals surface area contributed by atoms with Gasteiger partial charge in [-0.15, -0.1) is 11.3 Å². The number of nitrogens with zero attached hydrogens (tertiary/aromatic N) is 3. The number of hydrogen-bond donors (Lipinski definition) is 1. The summed E-state index contributed by atoms with van der Waals surface area (Å²) in [5.41, 5.74) is 0.432. The molecule has 0 saturated carbocycles. The molecule has 2 aromatic carbocycles. The highest BCUT2D eigenvalue weighted by molar-refractivity contribution is 8.00. The van der Waals surface area contributed by atoms with E-state index in [1.54, 1.807) is 42.8 Å². The zero-order valence-electron chi connectivity index (χ0n) is 16.5. The molecule has 4 rings (SSSR count). The highest BCUT2D eigenvalue weighted by atomic mass is 35.5. The smallest absolute Gasteiger partial charge is 0.289 e. The van der Waals surface area contributed by atoms with Gasteiger partial charge < -0.3 is 5.32 Å². The maximum Gasteiger partial charge on any atom is 0.289 e. The molecule has 1 atom stereocenters. The topological polar surface area (TPSA) is 107 Å². The Morgan fingerprint density at radius 1 is 1.25 bits per heavy atom. The van der Waals surface area contributed by atoms with Crippen LogP contribution in [0.3, 0.4) is 0 Å². The lowest BCUT2D eigenvalue weighted by Gasteiger charge is -2.18. The number of hydrogen-bond acceptors (Lipinski definition) is 7. The van der Waals surface area contributed by atoms with Crippen LogP contribution in [0.25, 0.3) is 10.2 Å². The molecule has 0 aliphatic rings. The van der Waals surface area contributed by atoms with E-state index in [0.29, 0.717) is 20.9 Å². The summed E-state index contributed by atoms with van der Waals surface area (Å²) in [5.74, 6) is -0.418. The fourth-order valence-corrected chi connectivity index (χ4v) is 5.08. The Hall–Kier alpha value is -3.21. The van der Waals surface area contributed by atoms with Crippen molar-refractivity contribution in [2.45, 2.75) is 10.4 Å². The van der Waals surface area contributed by atoms with E-state index in [9.17, 15) is 19.7 Å². The van der Waals surface area contributed by atoms with E-state index in [1.165, 1.54) is 34.1 Å². The van der Waals surface area contributed by atoms with Gasteiger partial charge in [0.25, 0.3) is 11.2 Å². The lowest BCUT2D eigenvalue weighted by molar-refractivity contribution is -0.384. The molecule has 0 aliphatic carbocycles. The van der Waals surface area contributed by atoms with Gasteiger partial charge in [0.05, 0.1) is 10.3 Å². The van der Waals surface area contributed by atoms with Gasteiger partial charge in [-0.25, -0.2) is 4.98 Å². The summed E-state index contributed by atoms with van der Waals surface area (Å²) in [5, 5.41) is 15.8. The van der Waals surface area contributed by atoms with Crippen molar-refractivity contribution in [2.75, 3.05) is 5.32 Å².